The van der Waals surface area contributed by atoms with E-state index in [4.69, 9.17) is 45.3 Å². The molecule has 1 aromatic carbocycles. The molecule has 0 spiro atoms. The predicted molar refractivity (Wildman–Crippen MR) is 91.9 cm³/mol. The van der Waals surface area contributed by atoms with Gasteiger partial charge in [0.15, 0.2) is 6.61 Å². The lowest BCUT2D eigenvalue weighted by Crippen LogP contribution is -2.10. The molecule has 1 heterocycles. The Kier molecular flexibility index (Phi) is 6.35. The lowest BCUT2D eigenvalue weighted by atomic mass is 10.2. The minimum absolute atomic E-state index is 0.132. The van der Waals surface area contributed by atoms with Gasteiger partial charge >= 0.3 is 0 Å². The number of ether oxygens (including phenoxy) is 1. The number of nitrogens with zero attached hydrogens (tertiary/aromatic N) is 1. The van der Waals surface area contributed by atoms with Gasteiger partial charge in [0.2, 0.25) is 16.9 Å². The first-order valence-corrected chi connectivity index (χ1v) is 8.33. The summed E-state index contributed by atoms with van der Waals surface area (Å²) >= 11 is 18.2. The summed E-state index contributed by atoms with van der Waals surface area (Å²) in [5.41, 5.74) is 6.26. The van der Waals surface area contributed by atoms with Crippen LogP contribution < -0.4 is 10.5 Å². The average molecular weight is 396 g/mol. The van der Waals surface area contributed by atoms with Gasteiger partial charge in [-0.15, -0.1) is 0 Å². The fourth-order valence-electron chi connectivity index (χ4n) is 1.52. The van der Waals surface area contributed by atoms with E-state index in [1.54, 1.807) is 12.1 Å². The van der Waals surface area contributed by atoms with E-state index in [9.17, 15) is 9.18 Å². The molecule has 0 atom stereocenters. The van der Waals surface area contributed by atoms with Crippen molar-refractivity contribution < 1.29 is 13.9 Å². The zero-order chi connectivity index (χ0) is 17.0. The number of carbonyl (C=O) groups is 1. The molecule has 0 bridgehead atoms. The first kappa shape index (κ1) is 18.1. The van der Waals surface area contributed by atoms with Crippen LogP contribution in [-0.4, -0.2) is 16.7 Å². The van der Waals surface area contributed by atoms with Gasteiger partial charge in [0.05, 0.1) is 5.69 Å². The number of anilines is 1. The van der Waals surface area contributed by atoms with Crippen LogP contribution in [0.15, 0.2) is 24.3 Å². The van der Waals surface area contributed by atoms with Gasteiger partial charge in [-0.25, -0.2) is 0 Å². The van der Waals surface area contributed by atoms with Gasteiger partial charge in [0, 0.05) is 10.8 Å². The monoisotopic (exact) mass is 394 g/mol. The summed E-state index contributed by atoms with van der Waals surface area (Å²) in [5, 5.41) is -0.166. The van der Waals surface area contributed by atoms with Gasteiger partial charge in [0.25, 0.3) is 0 Å². The lowest BCUT2D eigenvalue weighted by molar-refractivity contribution is -0.112. The van der Waals surface area contributed by atoms with Crippen LogP contribution in [0.1, 0.15) is 5.56 Å². The molecule has 2 N–H and O–H groups in total. The first-order valence-electron chi connectivity index (χ1n) is 6.21. The summed E-state index contributed by atoms with van der Waals surface area (Å²) in [5.74, 6) is -0.825. The van der Waals surface area contributed by atoms with Gasteiger partial charge in [0.1, 0.15) is 10.0 Å². The number of aromatic nitrogens is 1. The van der Waals surface area contributed by atoms with Crippen molar-refractivity contribution in [2.24, 2.45) is 0 Å². The van der Waals surface area contributed by atoms with Crippen LogP contribution in [0.25, 0.3) is 0 Å². The molecule has 0 saturated carbocycles. The summed E-state index contributed by atoms with van der Waals surface area (Å²) in [7, 11) is 0. The summed E-state index contributed by atoms with van der Waals surface area (Å²) in [4.78, 5) is 15.2. The molecule has 2 aromatic rings. The van der Waals surface area contributed by atoms with E-state index in [0.717, 1.165) is 17.3 Å². The Morgan fingerprint density at radius 2 is 1.87 bits per heavy atom. The quantitative estimate of drug-likeness (QED) is 0.749. The molecule has 0 saturated heterocycles. The molecule has 0 unspecified atom stereocenters. The number of thioether (sulfide) groups is 1. The zero-order valence-electron chi connectivity index (χ0n) is 11.5. The third-order valence-corrected chi connectivity index (χ3v) is 4.58. The third kappa shape index (κ3) is 4.88. The summed E-state index contributed by atoms with van der Waals surface area (Å²) in [6, 6.07) is 7.11. The number of hydrogen-bond donors (Lipinski definition) is 1. The molecule has 122 valence electrons. The Morgan fingerprint density at radius 3 is 2.52 bits per heavy atom. The Bertz CT molecular complexity index is 729. The van der Waals surface area contributed by atoms with E-state index in [-0.39, 0.29) is 33.3 Å². The average Bonchev–Trinajstić information content (AvgIpc) is 2.54. The maximum absolute atomic E-state index is 13.4. The van der Waals surface area contributed by atoms with Crippen molar-refractivity contribution in [1.29, 1.82) is 0 Å². The van der Waals surface area contributed by atoms with Gasteiger partial charge in [-0.2, -0.15) is 9.37 Å². The fraction of sp³-hybridized carbons (Fsp3) is 0.143. The van der Waals surface area contributed by atoms with Crippen LogP contribution in [0.2, 0.25) is 15.1 Å². The van der Waals surface area contributed by atoms with E-state index >= 15 is 0 Å². The summed E-state index contributed by atoms with van der Waals surface area (Å²) < 4.78 is 18.5. The molecule has 9 heteroatoms. The van der Waals surface area contributed by atoms with Crippen molar-refractivity contribution in [1.82, 2.24) is 4.98 Å². The van der Waals surface area contributed by atoms with E-state index in [2.05, 4.69) is 4.98 Å². The Labute approximate surface area is 151 Å². The second-order valence-electron chi connectivity index (χ2n) is 4.33. The highest BCUT2D eigenvalue weighted by molar-refractivity contribution is 8.13. The molecule has 0 aliphatic heterocycles. The van der Waals surface area contributed by atoms with Crippen molar-refractivity contribution >= 4 is 57.4 Å². The molecule has 0 fully saturated rings. The number of hydrogen-bond acceptors (Lipinski definition) is 5. The molecule has 0 aliphatic carbocycles. The molecular formula is C14H10Cl3FN2O2S. The number of halogens is 4. The number of nitrogen functional groups attached to an aromatic ring is 1. The van der Waals surface area contributed by atoms with Crippen LogP contribution in [0.5, 0.6) is 5.88 Å². The van der Waals surface area contributed by atoms with Crippen molar-refractivity contribution in [3.05, 3.63) is 50.8 Å². The highest BCUT2D eigenvalue weighted by atomic mass is 35.5. The predicted octanol–water partition coefficient (Wildman–Crippen LogP) is 4.60. The number of rotatable bonds is 5. The zero-order valence-corrected chi connectivity index (χ0v) is 14.6. The maximum atomic E-state index is 13.4. The Hall–Kier alpha value is -1.21. The largest absolute Gasteiger partial charge is 0.467 e. The third-order valence-electron chi connectivity index (χ3n) is 2.68. The molecular weight excluding hydrogens is 386 g/mol. The van der Waals surface area contributed by atoms with E-state index in [0.29, 0.717) is 10.8 Å². The van der Waals surface area contributed by atoms with E-state index in [1.165, 1.54) is 0 Å². The second kappa shape index (κ2) is 8.06. The smallest absolute Gasteiger partial charge is 0.238 e. The minimum Gasteiger partial charge on any atom is -0.467 e. The summed E-state index contributed by atoms with van der Waals surface area (Å²) in [6.07, 6.45) is 0. The molecule has 23 heavy (non-hydrogen) atoms. The SMILES string of the molecule is Nc1c(Cl)c(F)nc(OCC(=O)SCc2ccc(Cl)cc2)c1Cl. The van der Waals surface area contributed by atoms with Gasteiger partial charge in [-0.05, 0) is 17.7 Å². The fourth-order valence-corrected chi connectivity index (χ4v) is 2.68. The van der Waals surface area contributed by atoms with E-state index in [1.807, 2.05) is 12.1 Å². The highest BCUT2D eigenvalue weighted by Crippen LogP contribution is 2.35. The highest BCUT2D eigenvalue weighted by Gasteiger charge is 2.17. The lowest BCUT2D eigenvalue weighted by Gasteiger charge is -2.09. The molecule has 0 radical (unpaired) electrons. The van der Waals surface area contributed by atoms with Crippen molar-refractivity contribution in [2.45, 2.75) is 5.75 Å². The van der Waals surface area contributed by atoms with Crippen LogP contribution in [-0.2, 0) is 10.5 Å². The normalized spacial score (nSPS) is 10.6. The molecule has 4 nitrogen and oxygen atoms in total. The Morgan fingerprint density at radius 1 is 1.22 bits per heavy atom. The number of benzene rings is 1. The van der Waals surface area contributed by atoms with Gasteiger partial charge in [-0.3, -0.25) is 4.79 Å². The first-order chi connectivity index (χ1) is 10.9. The van der Waals surface area contributed by atoms with E-state index < -0.39 is 5.95 Å². The Balaban J connectivity index is 1.91. The standard InChI is InChI=1S/C14H10Cl3FN2O2S/c15-8-3-1-7(2-4-8)6-23-9(21)5-22-14-11(17)12(19)10(16)13(18)20-14/h1-4H,5-6H2,(H2,19,20). The van der Waals surface area contributed by atoms with Gasteiger partial charge < -0.3 is 10.5 Å². The van der Waals surface area contributed by atoms with Crippen LogP contribution in [0.4, 0.5) is 10.1 Å². The van der Waals surface area contributed by atoms with Crippen LogP contribution in [0, 0.1) is 5.95 Å². The minimum atomic E-state index is -1.01. The van der Waals surface area contributed by atoms with Gasteiger partial charge in [-0.1, -0.05) is 58.7 Å². The second-order valence-corrected chi connectivity index (χ2v) is 6.55. The molecule has 0 aliphatic rings. The number of nitrogens with two attached hydrogens (primary N) is 1. The molecule has 1 aromatic heterocycles. The molecule has 0 amide bonds. The van der Waals surface area contributed by atoms with Crippen LogP contribution in [0.3, 0.4) is 0 Å². The maximum Gasteiger partial charge on any atom is 0.238 e. The topological polar surface area (TPSA) is 65.2 Å². The molecule has 2 rings (SSSR count). The summed E-state index contributed by atoms with van der Waals surface area (Å²) in [6.45, 7) is -0.328. The van der Waals surface area contributed by atoms with Crippen molar-refractivity contribution in [2.75, 3.05) is 12.3 Å². The van der Waals surface area contributed by atoms with Crippen molar-refractivity contribution in [3.63, 3.8) is 0 Å². The number of pyridine rings is 1. The van der Waals surface area contributed by atoms with Crippen LogP contribution >= 0.6 is 46.6 Å². The number of carbonyl (C=O) groups excluding carboxylic acids is 1. The van der Waals surface area contributed by atoms with Crippen molar-refractivity contribution in [3.8, 4) is 5.88 Å².